The van der Waals surface area contributed by atoms with Gasteiger partial charge >= 0.3 is 5.97 Å². The van der Waals surface area contributed by atoms with E-state index in [0.29, 0.717) is 16.3 Å². The standard InChI is InChI=1S/C15H13BrClNO2/c1-9-5-6-12(13(16)7-9)14(15(19)20)18-11-4-2-3-10(17)8-11/h2-8,14,18H,1H3,(H,19,20). The molecular weight excluding hydrogens is 342 g/mol. The highest BCUT2D eigenvalue weighted by molar-refractivity contribution is 9.10. The van der Waals surface area contributed by atoms with E-state index in [1.54, 1.807) is 30.3 Å². The Morgan fingerprint density at radius 3 is 2.65 bits per heavy atom. The third kappa shape index (κ3) is 3.52. The van der Waals surface area contributed by atoms with Crippen molar-refractivity contribution in [3.63, 3.8) is 0 Å². The van der Waals surface area contributed by atoms with Crippen LogP contribution in [-0.4, -0.2) is 11.1 Å². The molecule has 1 atom stereocenters. The van der Waals surface area contributed by atoms with E-state index < -0.39 is 12.0 Å². The van der Waals surface area contributed by atoms with Crippen molar-refractivity contribution in [3.05, 3.63) is 63.1 Å². The Morgan fingerprint density at radius 2 is 2.05 bits per heavy atom. The Balaban J connectivity index is 2.34. The molecule has 0 spiro atoms. The number of benzene rings is 2. The Hall–Kier alpha value is -1.52. The molecule has 5 heteroatoms. The van der Waals surface area contributed by atoms with Gasteiger partial charge in [0.25, 0.3) is 0 Å². The number of hydrogen-bond donors (Lipinski definition) is 2. The van der Waals surface area contributed by atoms with Crippen LogP contribution in [0.2, 0.25) is 5.02 Å². The van der Waals surface area contributed by atoms with Crippen LogP contribution in [0.3, 0.4) is 0 Å². The van der Waals surface area contributed by atoms with Gasteiger partial charge in [-0.1, -0.05) is 45.7 Å². The Kier molecular flexibility index (Phi) is 4.68. The molecule has 0 amide bonds. The summed E-state index contributed by atoms with van der Waals surface area (Å²) in [5.74, 6) is -0.950. The quantitative estimate of drug-likeness (QED) is 0.840. The molecule has 0 aliphatic rings. The Morgan fingerprint density at radius 1 is 1.30 bits per heavy atom. The molecule has 0 heterocycles. The summed E-state index contributed by atoms with van der Waals surface area (Å²) in [5, 5.41) is 13.0. The van der Waals surface area contributed by atoms with Crippen molar-refractivity contribution in [2.45, 2.75) is 13.0 Å². The molecule has 2 aromatic rings. The summed E-state index contributed by atoms with van der Waals surface area (Å²) in [6, 6.07) is 11.7. The third-order valence-electron chi connectivity index (χ3n) is 2.85. The first-order valence-corrected chi connectivity index (χ1v) is 7.15. The molecule has 2 aromatic carbocycles. The van der Waals surface area contributed by atoms with Crippen molar-refractivity contribution < 1.29 is 9.90 Å². The van der Waals surface area contributed by atoms with Gasteiger partial charge in [-0.05, 0) is 42.3 Å². The van der Waals surface area contributed by atoms with Crippen molar-refractivity contribution in [1.82, 2.24) is 0 Å². The molecule has 3 nitrogen and oxygen atoms in total. The van der Waals surface area contributed by atoms with Gasteiger partial charge < -0.3 is 10.4 Å². The van der Waals surface area contributed by atoms with Crippen molar-refractivity contribution in [3.8, 4) is 0 Å². The fraction of sp³-hybridized carbons (Fsp3) is 0.133. The fourth-order valence-electron chi connectivity index (χ4n) is 1.88. The predicted molar refractivity (Wildman–Crippen MR) is 84.3 cm³/mol. The topological polar surface area (TPSA) is 49.3 Å². The minimum Gasteiger partial charge on any atom is -0.479 e. The number of carboxylic acids is 1. The Bertz CT molecular complexity index is 646. The Labute approximate surface area is 130 Å². The predicted octanol–water partition coefficient (Wildman–Crippen LogP) is 4.65. The minimum atomic E-state index is -0.950. The summed E-state index contributed by atoms with van der Waals surface area (Å²) < 4.78 is 0.763. The van der Waals surface area contributed by atoms with Crippen LogP contribution < -0.4 is 5.32 Å². The van der Waals surface area contributed by atoms with Crippen molar-refractivity contribution in [2.24, 2.45) is 0 Å². The lowest BCUT2D eigenvalue weighted by molar-refractivity contribution is -0.138. The SMILES string of the molecule is Cc1ccc(C(Nc2cccc(Cl)c2)C(=O)O)c(Br)c1. The highest BCUT2D eigenvalue weighted by Gasteiger charge is 2.22. The summed E-state index contributed by atoms with van der Waals surface area (Å²) in [6.07, 6.45) is 0. The normalized spacial score (nSPS) is 11.9. The lowest BCUT2D eigenvalue weighted by Gasteiger charge is -2.18. The van der Waals surface area contributed by atoms with Crippen LogP contribution in [0.15, 0.2) is 46.9 Å². The number of carbonyl (C=O) groups is 1. The van der Waals surface area contributed by atoms with E-state index in [-0.39, 0.29) is 0 Å². The number of aryl methyl sites for hydroxylation is 1. The highest BCUT2D eigenvalue weighted by atomic mass is 79.9. The molecule has 20 heavy (non-hydrogen) atoms. The highest BCUT2D eigenvalue weighted by Crippen LogP contribution is 2.28. The molecule has 0 bridgehead atoms. The van der Waals surface area contributed by atoms with Crippen molar-refractivity contribution in [2.75, 3.05) is 5.32 Å². The van der Waals surface area contributed by atoms with Crippen molar-refractivity contribution >= 4 is 39.2 Å². The van der Waals surface area contributed by atoms with Crippen LogP contribution in [0.4, 0.5) is 5.69 Å². The average molecular weight is 355 g/mol. The molecule has 2 rings (SSSR count). The number of anilines is 1. The maximum absolute atomic E-state index is 11.5. The zero-order valence-electron chi connectivity index (χ0n) is 10.7. The minimum absolute atomic E-state index is 0.558. The molecule has 0 saturated carbocycles. The second-order valence-corrected chi connectivity index (χ2v) is 5.74. The molecule has 0 aliphatic carbocycles. The summed E-state index contributed by atoms with van der Waals surface area (Å²) in [4.78, 5) is 11.5. The number of carboxylic acid groups (broad SMARTS) is 1. The van der Waals surface area contributed by atoms with Gasteiger partial charge in [0, 0.05) is 15.2 Å². The molecular formula is C15H13BrClNO2. The summed E-state index contributed by atoms with van der Waals surface area (Å²) in [7, 11) is 0. The van der Waals surface area contributed by atoms with Crippen LogP contribution in [-0.2, 0) is 4.79 Å². The fourth-order valence-corrected chi connectivity index (χ4v) is 2.80. The first-order chi connectivity index (χ1) is 9.47. The molecule has 1 unspecified atom stereocenters. The number of halogens is 2. The van der Waals surface area contributed by atoms with Crippen LogP contribution in [0.1, 0.15) is 17.2 Å². The molecule has 104 valence electrons. The van der Waals surface area contributed by atoms with Gasteiger partial charge in [-0.2, -0.15) is 0 Å². The van der Waals surface area contributed by atoms with E-state index in [9.17, 15) is 9.90 Å². The average Bonchev–Trinajstić information content (AvgIpc) is 2.36. The number of rotatable bonds is 4. The number of aliphatic carboxylic acids is 1. The summed E-state index contributed by atoms with van der Waals surface area (Å²) in [5.41, 5.74) is 2.40. The zero-order valence-corrected chi connectivity index (χ0v) is 13.1. The lowest BCUT2D eigenvalue weighted by atomic mass is 10.0. The third-order valence-corrected chi connectivity index (χ3v) is 3.77. The van der Waals surface area contributed by atoms with Crippen LogP contribution in [0.25, 0.3) is 0 Å². The first-order valence-electron chi connectivity index (χ1n) is 5.98. The van der Waals surface area contributed by atoms with Crippen LogP contribution >= 0.6 is 27.5 Å². The van der Waals surface area contributed by atoms with Crippen LogP contribution in [0, 0.1) is 6.92 Å². The zero-order chi connectivity index (χ0) is 14.7. The number of hydrogen-bond acceptors (Lipinski definition) is 2. The van der Waals surface area contributed by atoms with E-state index in [2.05, 4.69) is 21.2 Å². The lowest BCUT2D eigenvalue weighted by Crippen LogP contribution is -2.21. The van der Waals surface area contributed by atoms with Gasteiger partial charge in [0.15, 0.2) is 6.04 Å². The van der Waals surface area contributed by atoms with Gasteiger partial charge in [-0.3, -0.25) is 0 Å². The van der Waals surface area contributed by atoms with Gasteiger partial charge in [0.2, 0.25) is 0 Å². The molecule has 0 fully saturated rings. The molecule has 0 saturated heterocycles. The maximum atomic E-state index is 11.5. The first kappa shape index (κ1) is 14.9. The summed E-state index contributed by atoms with van der Waals surface area (Å²) >= 11 is 9.32. The smallest absolute Gasteiger partial charge is 0.330 e. The molecule has 0 radical (unpaired) electrons. The largest absolute Gasteiger partial charge is 0.479 e. The molecule has 0 aromatic heterocycles. The van der Waals surface area contributed by atoms with E-state index in [0.717, 1.165) is 10.0 Å². The molecule has 2 N–H and O–H groups in total. The summed E-state index contributed by atoms with van der Waals surface area (Å²) in [6.45, 7) is 1.95. The van der Waals surface area contributed by atoms with E-state index in [1.165, 1.54) is 0 Å². The molecule has 0 aliphatic heterocycles. The second kappa shape index (κ2) is 6.29. The van der Waals surface area contributed by atoms with Crippen molar-refractivity contribution in [1.29, 1.82) is 0 Å². The van der Waals surface area contributed by atoms with Gasteiger partial charge in [-0.15, -0.1) is 0 Å². The van der Waals surface area contributed by atoms with E-state index >= 15 is 0 Å². The van der Waals surface area contributed by atoms with Crippen LogP contribution in [0.5, 0.6) is 0 Å². The van der Waals surface area contributed by atoms with Gasteiger partial charge in [0.1, 0.15) is 0 Å². The maximum Gasteiger partial charge on any atom is 0.330 e. The van der Waals surface area contributed by atoms with Gasteiger partial charge in [0.05, 0.1) is 0 Å². The van der Waals surface area contributed by atoms with Gasteiger partial charge in [-0.25, -0.2) is 4.79 Å². The van der Waals surface area contributed by atoms with E-state index in [1.807, 2.05) is 19.1 Å². The van der Waals surface area contributed by atoms with E-state index in [4.69, 9.17) is 11.6 Å². The monoisotopic (exact) mass is 353 g/mol. The second-order valence-electron chi connectivity index (χ2n) is 4.45. The number of nitrogens with one attached hydrogen (secondary N) is 1.